The number of nitrogens with one attached hydrogen (secondary N) is 1. The maximum Gasteiger partial charge on any atom is 0.410 e. The molecule has 0 spiro atoms. The molecule has 0 radical (unpaired) electrons. The number of ether oxygens (including phenoxy) is 3. The summed E-state index contributed by atoms with van der Waals surface area (Å²) in [4.78, 5) is 38.9. The maximum absolute atomic E-state index is 13.0. The van der Waals surface area contributed by atoms with Gasteiger partial charge in [-0.15, -0.1) is 11.8 Å². The van der Waals surface area contributed by atoms with Crippen LogP contribution in [0.2, 0.25) is 0 Å². The monoisotopic (exact) mass is 714 g/mol. The highest BCUT2D eigenvalue weighted by Gasteiger charge is 2.25. The third-order valence-corrected chi connectivity index (χ3v) is 9.13. The van der Waals surface area contributed by atoms with E-state index in [1.807, 2.05) is 50.2 Å². The summed E-state index contributed by atoms with van der Waals surface area (Å²) < 4.78 is 43.4. The Morgan fingerprint density at radius 3 is 2.20 bits per heavy atom. The number of esters is 1. The van der Waals surface area contributed by atoms with E-state index < -0.39 is 39.7 Å². The van der Waals surface area contributed by atoms with Gasteiger partial charge in [-0.1, -0.05) is 62.4 Å². The number of nitrogens with zero attached hydrogens (tertiary/aromatic N) is 1. The van der Waals surface area contributed by atoms with Gasteiger partial charge in [0.15, 0.2) is 0 Å². The first kappa shape index (κ1) is 39.4. The first-order valence-corrected chi connectivity index (χ1v) is 18.5. The number of amides is 2. The van der Waals surface area contributed by atoms with Crippen molar-refractivity contribution in [3.63, 3.8) is 0 Å². The molecule has 3 aromatic rings. The topological polar surface area (TPSA) is 149 Å². The zero-order chi connectivity index (χ0) is 36.2. The predicted octanol–water partition coefficient (Wildman–Crippen LogP) is 6.22. The second-order valence-electron chi connectivity index (χ2n) is 12.5. The lowest BCUT2D eigenvalue weighted by molar-refractivity contribution is -0.140. The lowest BCUT2D eigenvalue weighted by atomic mass is 10.0. The van der Waals surface area contributed by atoms with Gasteiger partial charge >= 0.3 is 12.1 Å². The molecule has 2 N–H and O–H groups in total. The van der Waals surface area contributed by atoms with Crippen LogP contribution in [0.4, 0.5) is 4.79 Å². The van der Waals surface area contributed by atoms with Crippen LogP contribution in [0.1, 0.15) is 70.0 Å². The van der Waals surface area contributed by atoms with Crippen molar-refractivity contribution in [2.24, 2.45) is 0 Å². The van der Waals surface area contributed by atoms with Gasteiger partial charge in [0.25, 0.3) is 5.91 Å². The Hall–Kier alpha value is -4.07. The molecule has 1 atom stereocenters. The van der Waals surface area contributed by atoms with Crippen LogP contribution in [0.5, 0.6) is 5.75 Å². The molecule has 266 valence electrons. The molecule has 0 aliphatic heterocycles. The van der Waals surface area contributed by atoms with E-state index in [0.717, 1.165) is 11.1 Å². The molecule has 49 heavy (non-hydrogen) atoms. The molecule has 13 heteroatoms. The first-order valence-electron chi connectivity index (χ1n) is 16.0. The minimum absolute atomic E-state index is 0.0357. The van der Waals surface area contributed by atoms with Crippen molar-refractivity contribution in [2.45, 2.75) is 69.8 Å². The highest BCUT2D eigenvalue weighted by molar-refractivity contribution is 8.00. The molecule has 0 aromatic heterocycles. The van der Waals surface area contributed by atoms with Crippen molar-refractivity contribution in [1.82, 2.24) is 9.62 Å². The molecule has 0 fully saturated rings. The lowest BCUT2D eigenvalue weighted by Crippen LogP contribution is -2.41. The Morgan fingerprint density at radius 2 is 1.59 bits per heavy atom. The predicted molar refractivity (Wildman–Crippen MR) is 190 cm³/mol. The van der Waals surface area contributed by atoms with E-state index in [-0.39, 0.29) is 49.3 Å². The quantitative estimate of drug-likeness (QED) is 0.0996. The average molecular weight is 715 g/mol. The number of hydrogen-bond acceptors (Lipinski definition) is 10. The maximum atomic E-state index is 13.0. The van der Waals surface area contributed by atoms with Crippen LogP contribution < -0.4 is 9.46 Å². The number of carbonyl (C=O) groups is 3. The Labute approximate surface area is 293 Å². The van der Waals surface area contributed by atoms with Gasteiger partial charge < -0.3 is 24.2 Å². The highest BCUT2D eigenvalue weighted by Crippen LogP contribution is 2.32. The van der Waals surface area contributed by atoms with E-state index >= 15 is 0 Å². The zero-order valence-electron chi connectivity index (χ0n) is 28.8. The average Bonchev–Trinajstić information content (AvgIpc) is 3.02. The summed E-state index contributed by atoms with van der Waals surface area (Å²) in [6.45, 7) is 10.9. The van der Waals surface area contributed by atoms with E-state index in [0.29, 0.717) is 16.2 Å². The number of aliphatic hydroxyl groups is 1. The largest absolute Gasteiger partial charge is 0.492 e. The van der Waals surface area contributed by atoms with E-state index in [4.69, 9.17) is 14.2 Å². The molecule has 2 amide bonds. The number of rotatable bonds is 16. The summed E-state index contributed by atoms with van der Waals surface area (Å²) in [5.74, 6) is -1.02. The molecule has 0 bridgehead atoms. The SMILES string of the molecule is CC(=O)OCCCS(=O)(=O)NC(=O)c1ccc(-c2ccc(OCCN(C[C@@H](O)c3ccccc3)C(=O)OC(C)(C)C)cc2)cc1SC(C)C. The number of thioether (sulfide) groups is 1. The van der Waals surface area contributed by atoms with Gasteiger partial charge in [0.1, 0.15) is 18.0 Å². The molecular formula is C36H46N2O9S2. The van der Waals surface area contributed by atoms with Crippen LogP contribution in [-0.4, -0.2) is 79.3 Å². The second-order valence-corrected chi connectivity index (χ2v) is 16.0. The molecular weight excluding hydrogens is 669 g/mol. The summed E-state index contributed by atoms with van der Waals surface area (Å²) in [5.41, 5.74) is 1.89. The van der Waals surface area contributed by atoms with E-state index in [1.54, 1.807) is 57.2 Å². The molecule has 0 aliphatic carbocycles. The Kier molecular flexibility index (Phi) is 14.5. The van der Waals surface area contributed by atoms with Crippen molar-refractivity contribution in [3.8, 4) is 16.9 Å². The van der Waals surface area contributed by atoms with Gasteiger partial charge in [-0.3, -0.25) is 9.59 Å². The summed E-state index contributed by atoms with van der Waals surface area (Å²) in [5, 5.41) is 10.9. The molecule has 3 rings (SSSR count). The minimum Gasteiger partial charge on any atom is -0.492 e. The van der Waals surface area contributed by atoms with Gasteiger partial charge in [-0.2, -0.15) is 0 Å². The van der Waals surface area contributed by atoms with Crippen molar-refractivity contribution < 1.29 is 42.1 Å². The van der Waals surface area contributed by atoms with Crippen molar-refractivity contribution in [3.05, 3.63) is 83.9 Å². The van der Waals surface area contributed by atoms with Crippen LogP contribution in [0, 0.1) is 0 Å². The molecule has 0 heterocycles. The summed E-state index contributed by atoms with van der Waals surface area (Å²) in [6, 6.07) is 21.6. The normalized spacial score (nSPS) is 12.2. The molecule has 0 saturated heterocycles. The number of aliphatic hydroxyl groups excluding tert-OH is 1. The van der Waals surface area contributed by atoms with Crippen LogP contribution in [0.25, 0.3) is 11.1 Å². The Bertz CT molecular complexity index is 1660. The molecule has 11 nitrogen and oxygen atoms in total. The minimum atomic E-state index is -3.94. The number of carbonyl (C=O) groups excluding carboxylic acids is 3. The number of sulfonamides is 1. The molecule has 0 saturated carbocycles. The second kappa shape index (κ2) is 18.1. The van der Waals surface area contributed by atoms with Gasteiger partial charge in [0.2, 0.25) is 10.0 Å². The standard InChI is InChI=1S/C36H46N2O9S2/c1-25(2)48-33-23-29(15-18-31(33)34(41)37-49(43,44)22-10-20-45-26(3)39)27-13-16-30(17-14-27)46-21-19-38(35(42)47-36(4,5)6)24-32(40)28-11-8-7-9-12-28/h7-9,11-18,23,25,32,40H,10,19-22,24H2,1-6H3,(H,37,41)/t32-/m1/s1. The van der Waals surface area contributed by atoms with E-state index in [1.165, 1.54) is 23.6 Å². The fraction of sp³-hybridized carbons (Fsp3) is 0.417. The van der Waals surface area contributed by atoms with E-state index in [2.05, 4.69) is 4.72 Å². The summed E-state index contributed by atoms with van der Waals surface area (Å²) in [6.07, 6.45) is -1.38. The third-order valence-electron chi connectivity index (χ3n) is 6.75. The van der Waals surface area contributed by atoms with Crippen LogP contribution in [-0.2, 0) is 24.3 Å². The van der Waals surface area contributed by atoms with Crippen molar-refractivity contribution >= 4 is 39.8 Å². The van der Waals surface area contributed by atoms with Crippen LogP contribution in [0.3, 0.4) is 0 Å². The Morgan fingerprint density at radius 1 is 0.939 bits per heavy atom. The fourth-order valence-corrected chi connectivity index (χ4v) is 6.53. The summed E-state index contributed by atoms with van der Waals surface area (Å²) >= 11 is 1.44. The number of hydrogen-bond donors (Lipinski definition) is 2. The van der Waals surface area contributed by atoms with Crippen LogP contribution >= 0.6 is 11.8 Å². The van der Waals surface area contributed by atoms with Gasteiger partial charge in [0, 0.05) is 17.1 Å². The fourth-order valence-electron chi connectivity index (χ4n) is 4.54. The zero-order valence-corrected chi connectivity index (χ0v) is 30.4. The Balaban J connectivity index is 1.68. The highest BCUT2D eigenvalue weighted by atomic mass is 32.2. The third kappa shape index (κ3) is 13.8. The van der Waals surface area contributed by atoms with Gasteiger partial charge in [0.05, 0.1) is 37.1 Å². The molecule has 3 aromatic carbocycles. The first-order chi connectivity index (χ1) is 23.0. The molecule has 0 aliphatic rings. The van der Waals surface area contributed by atoms with Crippen molar-refractivity contribution in [2.75, 3.05) is 32.1 Å². The van der Waals surface area contributed by atoms with E-state index in [9.17, 15) is 27.9 Å². The van der Waals surface area contributed by atoms with Gasteiger partial charge in [-0.25, -0.2) is 17.9 Å². The molecule has 0 unspecified atom stereocenters. The smallest absolute Gasteiger partial charge is 0.410 e. The number of benzene rings is 3. The summed E-state index contributed by atoms with van der Waals surface area (Å²) in [7, 11) is -3.94. The lowest BCUT2D eigenvalue weighted by Gasteiger charge is -2.29. The van der Waals surface area contributed by atoms with Gasteiger partial charge in [-0.05, 0) is 68.1 Å². The van der Waals surface area contributed by atoms with Crippen LogP contribution in [0.15, 0.2) is 77.7 Å². The van der Waals surface area contributed by atoms with Crippen molar-refractivity contribution in [1.29, 1.82) is 0 Å².